The Morgan fingerprint density at radius 3 is 2.35 bits per heavy atom. The van der Waals surface area contributed by atoms with E-state index in [1.807, 2.05) is 0 Å². The molecule has 1 aliphatic heterocycles. The van der Waals surface area contributed by atoms with Gasteiger partial charge in [-0.2, -0.15) is 0 Å². The molecular weight excluding hydrogens is 208 g/mol. The predicted octanol–water partition coefficient (Wildman–Crippen LogP) is 2.25. The minimum absolute atomic E-state index is 0.468. The van der Waals surface area contributed by atoms with Gasteiger partial charge < -0.3 is 5.73 Å². The van der Waals surface area contributed by atoms with E-state index in [0.29, 0.717) is 6.04 Å². The third kappa shape index (κ3) is 2.38. The van der Waals surface area contributed by atoms with E-state index in [1.54, 1.807) is 0 Å². The molecule has 2 N–H and O–H groups in total. The van der Waals surface area contributed by atoms with E-state index < -0.39 is 0 Å². The molecule has 1 aromatic carbocycles. The minimum Gasteiger partial charge on any atom is -0.327 e. The molecular formula is C15H22N2. The van der Waals surface area contributed by atoms with Crippen LogP contribution >= 0.6 is 0 Å². The quantitative estimate of drug-likeness (QED) is 0.844. The van der Waals surface area contributed by atoms with Gasteiger partial charge in [-0.15, -0.1) is 0 Å². The maximum atomic E-state index is 6.31. The van der Waals surface area contributed by atoms with Crippen molar-refractivity contribution in [2.45, 2.75) is 31.8 Å². The summed E-state index contributed by atoms with van der Waals surface area (Å²) in [7, 11) is 0. The second-order valence-corrected chi connectivity index (χ2v) is 5.71. The zero-order valence-electron chi connectivity index (χ0n) is 10.4. The van der Waals surface area contributed by atoms with Crippen molar-refractivity contribution in [2.75, 3.05) is 13.1 Å². The lowest BCUT2D eigenvalue weighted by Crippen LogP contribution is -2.54. The molecule has 1 saturated heterocycles. The first-order valence-corrected chi connectivity index (χ1v) is 6.85. The summed E-state index contributed by atoms with van der Waals surface area (Å²) in [6, 6.07) is 11.3. The van der Waals surface area contributed by atoms with Crippen molar-refractivity contribution in [3.8, 4) is 0 Å². The molecule has 2 bridgehead atoms. The third-order valence-corrected chi connectivity index (χ3v) is 4.47. The highest BCUT2D eigenvalue weighted by Crippen LogP contribution is 2.34. The van der Waals surface area contributed by atoms with Crippen molar-refractivity contribution >= 4 is 0 Å². The van der Waals surface area contributed by atoms with Crippen LogP contribution in [0.15, 0.2) is 30.3 Å². The first-order chi connectivity index (χ1) is 8.33. The number of hydrogen-bond acceptors (Lipinski definition) is 2. The van der Waals surface area contributed by atoms with Crippen molar-refractivity contribution in [3.63, 3.8) is 0 Å². The summed E-state index contributed by atoms with van der Waals surface area (Å²) >= 11 is 0. The van der Waals surface area contributed by atoms with Crippen LogP contribution in [0.1, 0.15) is 24.8 Å². The van der Waals surface area contributed by atoms with Crippen LogP contribution in [0.5, 0.6) is 0 Å². The molecule has 0 radical (unpaired) electrons. The fourth-order valence-electron chi connectivity index (χ4n) is 3.55. The minimum atomic E-state index is 0.468. The molecule has 17 heavy (non-hydrogen) atoms. The standard InChI is InChI=1S/C15H22N2/c16-15-13-7-4-8-14(15)11-17(10-13)9-12-5-2-1-3-6-12/h1-3,5-6,13-15H,4,7-11,16H2. The fraction of sp³-hybridized carbons (Fsp3) is 0.600. The lowest BCUT2D eigenvalue weighted by atomic mass is 9.74. The maximum absolute atomic E-state index is 6.31. The number of hydrogen-bond donors (Lipinski definition) is 1. The van der Waals surface area contributed by atoms with Crippen molar-refractivity contribution < 1.29 is 0 Å². The molecule has 2 fully saturated rings. The highest BCUT2D eigenvalue weighted by atomic mass is 15.1. The molecule has 1 aliphatic carbocycles. The van der Waals surface area contributed by atoms with Crippen LogP contribution in [0.2, 0.25) is 0 Å². The number of nitrogens with zero attached hydrogens (tertiary/aromatic N) is 1. The first-order valence-electron chi connectivity index (χ1n) is 6.85. The molecule has 1 saturated carbocycles. The summed E-state index contributed by atoms with van der Waals surface area (Å²) in [6.07, 6.45) is 4.06. The van der Waals surface area contributed by atoms with E-state index in [1.165, 1.54) is 37.9 Å². The molecule has 0 amide bonds. The Hall–Kier alpha value is -0.860. The molecule has 2 atom stereocenters. The molecule has 0 aromatic heterocycles. The molecule has 2 heteroatoms. The van der Waals surface area contributed by atoms with Crippen LogP contribution in [-0.2, 0) is 6.54 Å². The van der Waals surface area contributed by atoms with E-state index in [0.717, 1.165) is 18.4 Å². The molecule has 2 aliphatic rings. The summed E-state index contributed by atoms with van der Waals surface area (Å²) in [5.41, 5.74) is 7.74. The third-order valence-electron chi connectivity index (χ3n) is 4.47. The van der Waals surface area contributed by atoms with Gasteiger partial charge in [-0.1, -0.05) is 36.8 Å². The summed E-state index contributed by atoms with van der Waals surface area (Å²) < 4.78 is 0. The van der Waals surface area contributed by atoms with E-state index in [9.17, 15) is 0 Å². The van der Waals surface area contributed by atoms with Gasteiger partial charge in [0.1, 0.15) is 0 Å². The van der Waals surface area contributed by atoms with Gasteiger partial charge in [-0.05, 0) is 30.2 Å². The van der Waals surface area contributed by atoms with Gasteiger partial charge >= 0.3 is 0 Å². The highest BCUT2D eigenvalue weighted by Gasteiger charge is 2.36. The SMILES string of the molecule is NC1C2CCCC1CN(Cc1ccccc1)C2. The first kappa shape index (κ1) is 11.2. The summed E-state index contributed by atoms with van der Waals surface area (Å²) in [5.74, 6) is 1.48. The molecule has 1 aromatic rings. The lowest BCUT2D eigenvalue weighted by Gasteiger charge is -2.46. The summed E-state index contributed by atoms with van der Waals surface area (Å²) in [5, 5.41) is 0. The summed E-state index contributed by atoms with van der Waals surface area (Å²) in [6.45, 7) is 3.50. The number of nitrogens with two attached hydrogens (primary N) is 1. The van der Waals surface area contributed by atoms with Gasteiger partial charge in [0.05, 0.1) is 0 Å². The van der Waals surface area contributed by atoms with Crippen molar-refractivity contribution in [1.82, 2.24) is 4.90 Å². The van der Waals surface area contributed by atoms with Crippen molar-refractivity contribution in [1.29, 1.82) is 0 Å². The molecule has 1 heterocycles. The van der Waals surface area contributed by atoms with Gasteiger partial charge in [0.25, 0.3) is 0 Å². The van der Waals surface area contributed by atoms with E-state index in [2.05, 4.69) is 35.2 Å². The number of rotatable bonds is 2. The second-order valence-electron chi connectivity index (χ2n) is 5.71. The number of piperidine rings is 1. The van der Waals surface area contributed by atoms with Gasteiger partial charge in [-0.3, -0.25) is 4.90 Å². The van der Waals surface area contributed by atoms with Gasteiger partial charge in [0.15, 0.2) is 0 Å². The van der Waals surface area contributed by atoms with Crippen LogP contribution in [0.4, 0.5) is 0 Å². The number of likely N-dealkylation sites (tertiary alicyclic amines) is 1. The molecule has 2 unspecified atom stereocenters. The largest absolute Gasteiger partial charge is 0.327 e. The van der Waals surface area contributed by atoms with Gasteiger partial charge in [0.2, 0.25) is 0 Å². The van der Waals surface area contributed by atoms with Crippen molar-refractivity contribution in [3.05, 3.63) is 35.9 Å². The molecule has 0 spiro atoms. The van der Waals surface area contributed by atoms with Gasteiger partial charge in [0, 0.05) is 25.7 Å². The second kappa shape index (κ2) is 4.79. The lowest BCUT2D eigenvalue weighted by molar-refractivity contribution is 0.0589. The Balaban J connectivity index is 1.66. The molecule has 3 rings (SSSR count). The average molecular weight is 230 g/mol. The Morgan fingerprint density at radius 1 is 1.06 bits per heavy atom. The smallest absolute Gasteiger partial charge is 0.0233 e. The normalized spacial score (nSPS) is 33.6. The molecule has 92 valence electrons. The Morgan fingerprint density at radius 2 is 1.71 bits per heavy atom. The molecule has 2 nitrogen and oxygen atoms in total. The van der Waals surface area contributed by atoms with E-state index >= 15 is 0 Å². The number of benzene rings is 1. The predicted molar refractivity (Wildman–Crippen MR) is 70.5 cm³/mol. The van der Waals surface area contributed by atoms with E-state index in [4.69, 9.17) is 5.73 Å². The Labute approximate surface area is 104 Å². The van der Waals surface area contributed by atoms with Gasteiger partial charge in [-0.25, -0.2) is 0 Å². The van der Waals surface area contributed by atoms with E-state index in [-0.39, 0.29) is 0 Å². The van der Waals surface area contributed by atoms with Crippen molar-refractivity contribution in [2.24, 2.45) is 17.6 Å². The monoisotopic (exact) mass is 230 g/mol. The van der Waals surface area contributed by atoms with Crippen LogP contribution in [0.3, 0.4) is 0 Å². The highest BCUT2D eigenvalue weighted by molar-refractivity contribution is 5.14. The van der Waals surface area contributed by atoms with Crippen LogP contribution < -0.4 is 5.73 Å². The topological polar surface area (TPSA) is 29.3 Å². The maximum Gasteiger partial charge on any atom is 0.0233 e. The zero-order chi connectivity index (χ0) is 11.7. The zero-order valence-corrected chi connectivity index (χ0v) is 10.4. The van der Waals surface area contributed by atoms with Crippen LogP contribution in [-0.4, -0.2) is 24.0 Å². The van der Waals surface area contributed by atoms with Crippen LogP contribution in [0, 0.1) is 11.8 Å². The fourth-order valence-corrected chi connectivity index (χ4v) is 3.55. The van der Waals surface area contributed by atoms with Crippen LogP contribution in [0.25, 0.3) is 0 Å². The Bertz CT molecular complexity index is 348. The summed E-state index contributed by atoms with van der Waals surface area (Å²) in [4.78, 5) is 2.60. The number of fused-ring (bicyclic) bond motifs is 2. The average Bonchev–Trinajstić information content (AvgIpc) is 2.32. The Kier molecular flexibility index (Phi) is 3.17.